The Morgan fingerprint density at radius 2 is 2.00 bits per heavy atom. The van der Waals surface area contributed by atoms with Gasteiger partial charge in [0, 0.05) is 13.7 Å². The van der Waals surface area contributed by atoms with E-state index in [1.165, 1.54) is 6.08 Å². The summed E-state index contributed by atoms with van der Waals surface area (Å²) in [6, 6.07) is 5.40. The molecule has 2 rings (SSSR count). The van der Waals surface area contributed by atoms with Gasteiger partial charge in [-0.05, 0) is 61.1 Å². The Labute approximate surface area is 119 Å². The van der Waals surface area contributed by atoms with Crippen molar-refractivity contribution >= 4 is 0 Å². The number of halogens is 2. The molecule has 1 aliphatic carbocycles. The SMILES string of the molecule is COCC1CCC(c2ccc(CC=CF)c(F)c2)CC1. The van der Waals surface area contributed by atoms with E-state index in [-0.39, 0.29) is 5.82 Å². The predicted octanol–water partition coefficient (Wildman–Crippen LogP) is 4.77. The van der Waals surface area contributed by atoms with Crippen LogP contribution in [0.1, 0.15) is 42.7 Å². The lowest BCUT2D eigenvalue weighted by Crippen LogP contribution is -2.17. The van der Waals surface area contributed by atoms with Gasteiger partial charge in [-0.25, -0.2) is 8.78 Å². The third-order valence-corrected chi connectivity index (χ3v) is 4.22. The molecule has 0 radical (unpaired) electrons. The van der Waals surface area contributed by atoms with Crippen molar-refractivity contribution in [2.24, 2.45) is 5.92 Å². The summed E-state index contributed by atoms with van der Waals surface area (Å²) in [5.74, 6) is 0.873. The number of hydrogen-bond donors (Lipinski definition) is 0. The highest BCUT2D eigenvalue weighted by Gasteiger charge is 2.22. The van der Waals surface area contributed by atoms with Crippen LogP contribution in [0.5, 0.6) is 0 Å². The molecule has 0 N–H and O–H groups in total. The lowest BCUT2D eigenvalue weighted by atomic mass is 9.79. The Balaban J connectivity index is 1.98. The number of methoxy groups -OCH3 is 1. The summed E-state index contributed by atoms with van der Waals surface area (Å²) in [5, 5.41) is 0. The maximum atomic E-state index is 13.9. The summed E-state index contributed by atoms with van der Waals surface area (Å²) in [6.07, 6.45) is 6.58. The molecule has 0 bridgehead atoms. The van der Waals surface area contributed by atoms with E-state index in [0.29, 0.717) is 30.1 Å². The van der Waals surface area contributed by atoms with Gasteiger partial charge < -0.3 is 4.74 Å². The first-order chi connectivity index (χ1) is 9.74. The zero-order chi connectivity index (χ0) is 14.4. The minimum Gasteiger partial charge on any atom is -0.384 e. The van der Waals surface area contributed by atoms with Crippen molar-refractivity contribution in [1.82, 2.24) is 0 Å². The summed E-state index contributed by atoms with van der Waals surface area (Å²) in [6.45, 7) is 0.829. The Morgan fingerprint density at radius 3 is 2.60 bits per heavy atom. The average molecular weight is 280 g/mol. The summed E-state index contributed by atoms with van der Waals surface area (Å²) in [5.41, 5.74) is 1.63. The zero-order valence-electron chi connectivity index (χ0n) is 11.9. The summed E-state index contributed by atoms with van der Waals surface area (Å²) < 4.78 is 31.1. The van der Waals surface area contributed by atoms with Gasteiger partial charge in [-0.1, -0.05) is 18.2 Å². The molecule has 1 nitrogen and oxygen atoms in total. The maximum absolute atomic E-state index is 13.9. The molecule has 0 atom stereocenters. The van der Waals surface area contributed by atoms with Gasteiger partial charge in [0.1, 0.15) is 5.82 Å². The van der Waals surface area contributed by atoms with Gasteiger partial charge in [0.25, 0.3) is 0 Å². The summed E-state index contributed by atoms with van der Waals surface area (Å²) in [4.78, 5) is 0. The van der Waals surface area contributed by atoms with Crippen LogP contribution in [-0.4, -0.2) is 13.7 Å². The molecule has 1 fully saturated rings. The number of benzene rings is 1. The fourth-order valence-electron chi connectivity index (χ4n) is 3.05. The van der Waals surface area contributed by atoms with E-state index < -0.39 is 0 Å². The van der Waals surface area contributed by atoms with Crippen molar-refractivity contribution in [3.63, 3.8) is 0 Å². The van der Waals surface area contributed by atoms with Gasteiger partial charge >= 0.3 is 0 Å². The van der Waals surface area contributed by atoms with E-state index in [1.807, 2.05) is 6.07 Å². The Bertz CT molecular complexity index is 448. The highest BCUT2D eigenvalue weighted by Crippen LogP contribution is 2.36. The van der Waals surface area contributed by atoms with Gasteiger partial charge in [0.2, 0.25) is 0 Å². The van der Waals surface area contributed by atoms with Crippen LogP contribution in [0.3, 0.4) is 0 Å². The molecule has 1 aliphatic rings. The zero-order valence-corrected chi connectivity index (χ0v) is 11.9. The van der Waals surface area contributed by atoms with Crippen LogP contribution in [0.4, 0.5) is 8.78 Å². The second-order valence-corrected chi connectivity index (χ2v) is 5.59. The van der Waals surface area contributed by atoms with E-state index in [9.17, 15) is 8.78 Å². The lowest BCUT2D eigenvalue weighted by molar-refractivity contribution is 0.127. The van der Waals surface area contributed by atoms with Gasteiger partial charge in [0.05, 0.1) is 6.33 Å². The van der Waals surface area contributed by atoms with E-state index in [4.69, 9.17) is 4.74 Å². The second-order valence-electron chi connectivity index (χ2n) is 5.59. The first-order valence-corrected chi connectivity index (χ1v) is 7.27. The van der Waals surface area contributed by atoms with Crippen molar-refractivity contribution in [2.45, 2.75) is 38.0 Å². The molecule has 0 amide bonds. The summed E-state index contributed by atoms with van der Waals surface area (Å²) >= 11 is 0. The number of rotatable bonds is 5. The fraction of sp³-hybridized carbons (Fsp3) is 0.529. The van der Waals surface area contributed by atoms with E-state index >= 15 is 0 Å². The van der Waals surface area contributed by atoms with E-state index in [2.05, 4.69) is 0 Å². The topological polar surface area (TPSA) is 9.23 Å². The molecule has 1 aromatic rings. The number of allylic oxidation sites excluding steroid dienone is 1. The van der Waals surface area contributed by atoms with Crippen LogP contribution >= 0.6 is 0 Å². The summed E-state index contributed by atoms with van der Waals surface area (Å²) in [7, 11) is 1.74. The molecule has 1 saturated carbocycles. The highest BCUT2D eigenvalue weighted by atomic mass is 19.1. The lowest BCUT2D eigenvalue weighted by Gasteiger charge is -2.28. The molecular weight excluding hydrogens is 258 g/mol. The first-order valence-electron chi connectivity index (χ1n) is 7.27. The second kappa shape index (κ2) is 7.53. The van der Waals surface area contributed by atoms with Gasteiger partial charge in [-0.3, -0.25) is 0 Å². The molecule has 110 valence electrons. The van der Waals surface area contributed by atoms with Crippen LogP contribution in [-0.2, 0) is 11.2 Å². The molecule has 1 aromatic carbocycles. The number of ether oxygens (including phenoxy) is 1. The minimum absolute atomic E-state index is 0.223. The van der Waals surface area contributed by atoms with Crippen molar-refractivity contribution in [1.29, 1.82) is 0 Å². The Hall–Kier alpha value is -1.22. The van der Waals surface area contributed by atoms with Gasteiger partial charge in [-0.2, -0.15) is 0 Å². The quantitative estimate of drug-likeness (QED) is 0.754. The Kier molecular flexibility index (Phi) is 5.72. The third kappa shape index (κ3) is 3.89. The van der Waals surface area contributed by atoms with Crippen LogP contribution in [0.25, 0.3) is 0 Å². The largest absolute Gasteiger partial charge is 0.384 e. The molecule has 0 heterocycles. The van der Waals surface area contributed by atoms with Gasteiger partial charge in [0.15, 0.2) is 0 Å². The standard InChI is InChI=1S/C17H22F2O/c1-20-12-13-4-6-14(7-5-13)16-9-8-15(3-2-10-18)17(19)11-16/h2,8-11,13-14H,3-7,12H2,1H3. The van der Waals surface area contributed by atoms with Crippen molar-refractivity contribution in [2.75, 3.05) is 13.7 Å². The normalized spacial score (nSPS) is 23.4. The van der Waals surface area contributed by atoms with Crippen LogP contribution < -0.4 is 0 Å². The monoisotopic (exact) mass is 280 g/mol. The van der Waals surface area contributed by atoms with Crippen molar-refractivity contribution in [3.05, 3.63) is 47.5 Å². The predicted molar refractivity (Wildman–Crippen MR) is 76.9 cm³/mol. The Morgan fingerprint density at radius 1 is 1.25 bits per heavy atom. The average Bonchev–Trinajstić information content (AvgIpc) is 2.47. The number of hydrogen-bond acceptors (Lipinski definition) is 1. The fourth-order valence-corrected chi connectivity index (χ4v) is 3.05. The third-order valence-electron chi connectivity index (χ3n) is 4.22. The minimum atomic E-state index is -0.223. The molecule has 20 heavy (non-hydrogen) atoms. The molecule has 0 aliphatic heterocycles. The van der Waals surface area contributed by atoms with E-state index in [1.54, 1.807) is 19.2 Å². The maximum Gasteiger partial charge on any atom is 0.126 e. The molecule has 0 unspecified atom stereocenters. The first kappa shape index (κ1) is 15.2. The van der Waals surface area contributed by atoms with Crippen LogP contribution in [0, 0.1) is 11.7 Å². The van der Waals surface area contributed by atoms with Crippen LogP contribution in [0.2, 0.25) is 0 Å². The van der Waals surface area contributed by atoms with E-state index in [0.717, 1.165) is 37.9 Å². The van der Waals surface area contributed by atoms with Crippen molar-refractivity contribution < 1.29 is 13.5 Å². The van der Waals surface area contributed by atoms with Crippen LogP contribution in [0.15, 0.2) is 30.6 Å². The molecular formula is C17H22F2O. The highest BCUT2D eigenvalue weighted by molar-refractivity contribution is 5.28. The molecule has 0 spiro atoms. The molecule has 3 heteroatoms. The molecule has 0 aromatic heterocycles. The van der Waals surface area contributed by atoms with Crippen molar-refractivity contribution in [3.8, 4) is 0 Å². The smallest absolute Gasteiger partial charge is 0.126 e. The molecule has 0 saturated heterocycles. The van der Waals surface area contributed by atoms with Gasteiger partial charge in [-0.15, -0.1) is 0 Å².